The third kappa shape index (κ3) is 3.56. The number of benzene rings is 10. The van der Waals surface area contributed by atoms with Crippen LogP contribution in [-0.4, -0.2) is 0 Å². The monoisotopic (exact) mass is 582 g/mol. The maximum Gasteiger partial charge on any atom is -0.00206 e. The lowest BCUT2D eigenvalue weighted by molar-refractivity contribution is 1.41. The molecule has 0 aliphatic rings. The summed E-state index contributed by atoms with van der Waals surface area (Å²) in [4.78, 5) is 0. The van der Waals surface area contributed by atoms with Crippen LogP contribution in [0.5, 0.6) is 0 Å². The largest absolute Gasteiger partial charge is 0.0610 e. The van der Waals surface area contributed by atoms with Crippen LogP contribution in [0.15, 0.2) is 146 Å². The molecule has 0 unspecified atom stereocenters. The lowest BCUT2D eigenvalue weighted by Gasteiger charge is -2.17. The number of hydrogen-bond donors (Lipinski definition) is 0. The molecule has 0 fully saturated rings. The van der Waals surface area contributed by atoms with Crippen LogP contribution < -0.4 is 0 Å². The van der Waals surface area contributed by atoms with Crippen molar-refractivity contribution in [3.8, 4) is 33.4 Å². The predicted octanol–water partition coefficient (Wildman–Crippen LogP) is 13.1. The fourth-order valence-electron chi connectivity index (χ4n) is 8.24. The van der Waals surface area contributed by atoms with E-state index >= 15 is 0 Å². The van der Waals surface area contributed by atoms with E-state index in [1.54, 1.807) is 0 Å². The van der Waals surface area contributed by atoms with Gasteiger partial charge in [0.25, 0.3) is 0 Å². The summed E-state index contributed by atoms with van der Waals surface area (Å²) in [5.74, 6) is 0. The fourth-order valence-corrected chi connectivity index (χ4v) is 8.24. The molecule has 0 aliphatic heterocycles. The minimum absolute atomic E-state index is 1.27. The van der Waals surface area contributed by atoms with Gasteiger partial charge in [-0.15, -0.1) is 0 Å². The van der Waals surface area contributed by atoms with Gasteiger partial charge in [-0.05, 0) is 123 Å². The van der Waals surface area contributed by atoms with Crippen LogP contribution in [0.2, 0.25) is 0 Å². The standard InChI is InChI=1S/C46H30/c1-27-25-35(39-21-13-33-11-9-29-5-3-7-31-15-23-41(39)45(33)43(29)31)17-19-37(27)38-20-18-36(26-28(38)2)40-22-14-34-12-10-30-6-4-8-32-16-24-42(40)46(34)44(30)32/h3-26H,1-2H3. The first-order valence-electron chi connectivity index (χ1n) is 16.2. The normalized spacial score (nSPS) is 12.1. The Balaban J connectivity index is 1.07. The summed E-state index contributed by atoms with van der Waals surface area (Å²) in [6, 6.07) is 54.6. The molecule has 10 aromatic rings. The Kier molecular flexibility index (Phi) is 5.23. The Hall–Kier alpha value is -5.72. The van der Waals surface area contributed by atoms with Crippen molar-refractivity contribution in [1.82, 2.24) is 0 Å². The number of aryl methyl sites for hydroxylation is 2. The molecular formula is C46H30. The molecule has 10 rings (SSSR count). The van der Waals surface area contributed by atoms with Crippen LogP contribution in [0.1, 0.15) is 11.1 Å². The van der Waals surface area contributed by atoms with Crippen molar-refractivity contribution in [1.29, 1.82) is 0 Å². The van der Waals surface area contributed by atoms with Crippen molar-refractivity contribution >= 4 is 64.6 Å². The second-order valence-corrected chi connectivity index (χ2v) is 13.0. The quantitative estimate of drug-likeness (QED) is 0.182. The summed E-state index contributed by atoms with van der Waals surface area (Å²) >= 11 is 0. The molecule has 0 heterocycles. The highest BCUT2D eigenvalue weighted by molar-refractivity contribution is 6.26. The topological polar surface area (TPSA) is 0 Å². The number of hydrogen-bond acceptors (Lipinski definition) is 0. The van der Waals surface area contributed by atoms with Gasteiger partial charge in [-0.2, -0.15) is 0 Å². The van der Waals surface area contributed by atoms with E-state index in [1.807, 2.05) is 0 Å². The highest BCUT2D eigenvalue weighted by Gasteiger charge is 2.16. The fraction of sp³-hybridized carbons (Fsp3) is 0.0435. The van der Waals surface area contributed by atoms with Gasteiger partial charge in [0.1, 0.15) is 0 Å². The van der Waals surface area contributed by atoms with E-state index in [2.05, 4.69) is 159 Å². The Labute approximate surface area is 267 Å². The lowest BCUT2D eigenvalue weighted by atomic mass is 9.87. The number of rotatable bonds is 3. The van der Waals surface area contributed by atoms with Crippen molar-refractivity contribution < 1.29 is 0 Å². The van der Waals surface area contributed by atoms with Gasteiger partial charge in [-0.1, -0.05) is 146 Å². The van der Waals surface area contributed by atoms with Gasteiger partial charge in [0.15, 0.2) is 0 Å². The average Bonchev–Trinajstić information content (AvgIpc) is 3.09. The van der Waals surface area contributed by atoms with Gasteiger partial charge in [0, 0.05) is 0 Å². The van der Waals surface area contributed by atoms with Gasteiger partial charge >= 0.3 is 0 Å². The van der Waals surface area contributed by atoms with Gasteiger partial charge in [0.2, 0.25) is 0 Å². The van der Waals surface area contributed by atoms with Gasteiger partial charge in [0.05, 0.1) is 0 Å². The van der Waals surface area contributed by atoms with E-state index in [0.717, 1.165) is 0 Å². The molecule has 0 heteroatoms. The van der Waals surface area contributed by atoms with E-state index in [0.29, 0.717) is 0 Å². The maximum atomic E-state index is 2.37. The third-order valence-electron chi connectivity index (χ3n) is 10.4. The summed E-state index contributed by atoms with van der Waals surface area (Å²) < 4.78 is 0. The molecular weight excluding hydrogens is 553 g/mol. The first-order chi connectivity index (χ1) is 22.6. The summed E-state index contributed by atoms with van der Waals surface area (Å²) in [6.45, 7) is 4.51. The van der Waals surface area contributed by atoms with E-state index in [9.17, 15) is 0 Å². The van der Waals surface area contributed by atoms with Crippen molar-refractivity contribution in [2.45, 2.75) is 13.8 Å². The first kappa shape index (κ1) is 25.6. The van der Waals surface area contributed by atoms with Crippen molar-refractivity contribution in [3.05, 3.63) is 157 Å². The van der Waals surface area contributed by atoms with E-state index in [-0.39, 0.29) is 0 Å². The molecule has 0 aromatic heterocycles. The first-order valence-corrected chi connectivity index (χ1v) is 16.2. The lowest BCUT2D eigenvalue weighted by Crippen LogP contribution is -1.92. The second kappa shape index (κ2) is 9.39. The molecule has 0 saturated carbocycles. The minimum atomic E-state index is 1.27. The highest BCUT2D eigenvalue weighted by atomic mass is 14.2. The zero-order chi connectivity index (χ0) is 30.5. The molecule has 0 spiro atoms. The van der Waals surface area contributed by atoms with Crippen LogP contribution in [0.4, 0.5) is 0 Å². The third-order valence-corrected chi connectivity index (χ3v) is 10.4. The molecule has 0 bridgehead atoms. The van der Waals surface area contributed by atoms with Crippen molar-refractivity contribution in [2.75, 3.05) is 0 Å². The van der Waals surface area contributed by atoms with E-state index < -0.39 is 0 Å². The Morgan fingerprint density at radius 2 is 0.609 bits per heavy atom. The Bertz CT molecular complexity index is 2590. The van der Waals surface area contributed by atoms with Crippen molar-refractivity contribution in [2.24, 2.45) is 0 Å². The van der Waals surface area contributed by atoms with Crippen LogP contribution in [-0.2, 0) is 0 Å². The molecule has 0 saturated heterocycles. The SMILES string of the molecule is Cc1cc(-c2ccc3ccc4cccc5ccc2c3c45)ccc1-c1ccc(-c2ccc3ccc4cccc5ccc2c3c45)cc1C. The summed E-state index contributed by atoms with van der Waals surface area (Å²) in [5.41, 5.74) is 10.3. The molecule has 10 aromatic carbocycles. The van der Waals surface area contributed by atoms with E-state index in [1.165, 1.54) is 109 Å². The Morgan fingerprint density at radius 3 is 1.00 bits per heavy atom. The predicted molar refractivity (Wildman–Crippen MR) is 200 cm³/mol. The summed E-state index contributed by atoms with van der Waals surface area (Å²) in [5, 5.41) is 15.9. The van der Waals surface area contributed by atoms with Crippen LogP contribution in [0.25, 0.3) is 98.0 Å². The van der Waals surface area contributed by atoms with Crippen molar-refractivity contribution in [3.63, 3.8) is 0 Å². The average molecular weight is 583 g/mol. The summed E-state index contributed by atoms with van der Waals surface area (Å²) in [7, 11) is 0. The van der Waals surface area contributed by atoms with Gasteiger partial charge in [-0.25, -0.2) is 0 Å². The molecule has 0 amide bonds. The van der Waals surface area contributed by atoms with Crippen LogP contribution >= 0.6 is 0 Å². The molecule has 0 N–H and O–H groups in total. The molecule has 46 heavy (non-hydrogen) atoms. The Morgan fingerprint density at radius 1 is 0.283 bits per heavy atom. The molecule has 214 valence electrons. The molecule has 0 aliphatic carbocycles. The zero-order valence-corrected chi connectivity index (χ0v) is 25.9. The van der Waals surface area contributed by atoms with Crippen LogP contribution in [0.3, 0.4) is 0 Å². The maximum absolute atomic E-state index is 2.37. The second-order valence-electron chi connectivity index (χ2n) is 13.0. The van der Waals surface area contributed by atoms with Gasteiger partial charge < -0.3 is 0 Å². The molecule has 0 atom stereocenters. The zero-order valence-electron chi connectivity index (χ0n) is 25.9. The molecule has 0 radical (unpaired) electrons. The smallest absolute Gasteiger partial charge is 0.00206 e. The highest BCUT2D eigenvalue weighted by Crippen LogP contribution is 2.42. The summed E-state index contributed by atoms with van der Waals surface area (Å²) in [6.07, 6.45) is 0. The molecule has 0 nitrogen and oxygen atoms in total. The van der Waals surface area contributed by atoms with Gasteiger partial charge in [-0.3, -0.25) is 0 Å². The van der Waals surface area contributed by atoms with Crippen LogP contribution in [0, 0.1) is 13.8 Å². The van der Waals surface area contributed by atoms with E-state index in [4.69, 9.17) is 0 Å². The minimum Gasteiger partial charge on any atom is -0.0610 e.